The summed E-state index contributed by atoms with van der Waals surface area (Å²) in [6.07, 6.45) is 7.44. The van der Waals surface area contributed by atoms with E-state index in [1.54, 1.807) is 6.20 Å². The van der Waals surface area contributed by atoms with Crippen molar-refractivity contribution in [3.8, 4) is 0 Å². The summed E-state index contributed by atoms with van der Waals surface area (Å²) in [4.78, 5) is 23.1. The second-order valence-electron chi connectivity index (χ2n) is 5.08. The molecule has 1 amide bonds. The van der Waals surface area contributed by atoms with Gasteiger partial charge in [0, 0.05) is 30.5 Å². The molecule has 1 fully saturated rings. The second kappa shape index (κ2) is 6.36. The fraction of sp³-hybridized carbons (Fsp3) is 0.500. The summed E-state index contributed by atoms with van der Waals surface area (Å²) < 4.78 is 2.12. The summed E-state index contributed by atoms with van der Waals surface area (Å²) in [6, 6.07) is -0.0871. The van der Waals surface area contributed by atoms with Crippen molar-refractivity contribution >= 4 is 22.4 Å². The van der Waals surface area contributed by atoms with E-state index in [2.05, 4.69) is 31.7 Å². The molecule has 0 unspecified atom stereocenters. The smallest absolute Gasteiger partial charge is 0.243 e. The Morgan fingerprint density at radius 1 is 1.48 bits per heavy atom. The van der Waals surface area contributed by atoms with E-state index >= 15 is 0 Å². The molecular weight excluding hydrogens is 286 g/mol. The highest BCUT2D eigenvalue weighted by Crippen LogP contribution is 2.21. The number of thiazole rings is 1. The minimum atomic E-state index is -0.0871. The number of aryl methyl sites for hydroxylation is 1. The summed E-state index contributed by atoms with van der Waals surface area (Å²) >= 11 is 1.44. The molecule has 2 aromatic heterocycles. The molecule has 1 atom stereocenters. The molecule has 112 valence electrons. The highest BCUT2D eigenvalue weighted by Gasteiger charge is 2.31. The van der Waals surface area contributed by atoms with Gasteiger partial charge in [-0.1, -0.05) is 0 Å². The number of rotatable bonds is 5. The maximum absolute atomic E-state index is 12.4. The highest BCUT2D eigenvalue weighted by atomic mass is 32.1. The molecule has 0 aliphatic carbocycles. The van der Waals surface area contributed by atoms with Gasteiger partial charge in [0.25, 0.3) is 0 Å². The number of anilines is 1. The third-order valence-corrected chi connectivity index (χ3v) is 4.50. The van der Waals surface area contributed by atoms with Gasteiger partial charge in [-0.15, -0.1) is 11.3 Å². The van der Waals surface area contributed by atoms with Crippen molar-refractivity contribution in [1.29, 1.82) is 0 Å². The molecule has 0 spiro atoms. The van der Waals surface area contributed by atoms with Gasteiger partial charge >= 0.3 is 0 Å². The molecule has 0 bridgehead atoms. The van der Waals surface area contributed by atoms with Crippen LogP contribution in [0, 0.1) is 0 Å². The van der Waals surface area contributed by atoms with E-state index in [1.165, 1.54) is 11.3 Å². The maximum atomic E-state index is 12.4. The van der Waals surface area contributed by atoms with E-state index in [-0.39, 0.29) is 11.9 Å². The van der Waals surface area contributed by atoms with E-state index in [0.717, 1.165) is 38.3 Å². The third kappa shape index (κ3) is 3.14. The SMILES string of the molecule is CCn1ccnc1CN1CCC[C@H]1C(=O)Nc1nccs1. The van der Waals surface area contributed by atoms with Gasteiger partial charge in [-0.2, -0.15) is 0 Å². The number of amides is 1. The number of hydrogen-bond donors (Lipinski definition) is 1. The lowest BCUT2D eigenvalue weighted by atomic mass is 10.2. The average Bonchev–Trinajstić information content (AvgIpc) is 3.19. The van der Waals surface area contributed by atoms with E-state index < -0.39 is 0 Å². The van der Waals surface area contributed by atoms with E-state index in [9.17, 15) is 4.79 Å². The van der Waals surface area contributed by atoms with Crippen LogP contribution in [0.1, 0.15) is 25.6 Å². The van der Waals surface area contributed by atoms with Crippen LogP contribution in [0.2, 0.25) is 0 Å². The van der Waals surface area contributed by atoms with Crippen molar-refractivity contribution in [3.63, 3.8) is 0 Å². The van der Waals surface area contributed by atoms with Gasteiger partial charge in [0.2, 0.25) is 5.91 Å². The Hall–Kier alpha value is -1.73. The second-order valence-corrected chi connectivity index (χ2v) is 5.98. The molecule has 2 aromatic rings. The summed E-state index contributed by atoms with van der Waals surface area (Å²) in [5.74, 6) is 1.06. The van der Waals surface area contributed by atoms with E-state index in [4.69, 9.17) is 0 Å². The number of hydrogen-bond acceptors (Lipinski definition) is 5. The molecule has 0 aromatic carbocycles. The fourth-order valence-electron chi connectivity index (χ4n) is 2.75. The number of imidazole rings is 1. The number of likely N-dealkylation sites (tertiary alicyclic amines) is 1. The predicted molar refractivity (Wildman–Crippen MR) is 82.1 cm³/mol. The zero-order chi connectivity index (χ0) is 14.7. The standard InChI is InChI=1S/C14H19N5OS/c1-2-18-8-5-15-12(18)10-19-7-3-4-11(19)13(20)17-14-16-6-9-21-14/h5-6,8-9,11H,2-4,7,10H2,1H3,(H,16,17,20)/t11-/m0/s1. The molecular formula is C14H19N5OS. The molecule has 1 saturated heterocycles. The van der Waals surface area contributed by atoms with Gasteiger partial charge < -0.3 is 9.88 Å². The van der Waals surface area contributed by atoms with Crippen molar-refractivity contribution in [1.82, 2.24) is 19.4 Å². The summed E-state index contributed by atoms with van der Waals surface area (Å²) in [6.45, 7) is 4.66. The van der Waals surface area contributed by atoms with Gasteiger partial charge in [-0.25, -0.2) is 9.97 Å². The molecule has 21 heavy (non-hydrogen) atoms. The Bertz CT molecular complexity index is 594. The minimum absolute atomic E-state index is 0.0389. The Labute approximate surface area is 127 Å². The number of nitrogens with one attached hydrogen (secondary N) is 1. The van der Waals surface area contributed by atoms with Crippen LogP contribution in [-0.4, -0.2) is 37.9 Å². The van der Waals surface area contributed by atoms with Crippen LogP contribution in [0.25, 0.3) is 0 Å². The first-order chi connectivity index (χ1) is 10.3. The first-order valence-electron chi connectivity index (χ1n) is 7.22. The quantitative estimate of drug-likeness (QED) is 0.917. The van der Waals surface area contributed by atoms with Crippen molar-refractivity contribution in [2.45, 2.75) is 38.9 Å². The first kappa shape index (κ1) is 14.2. The van der Waals surface area contributed by atoms with Crippen LogP contribution < -0.4 is 5.32 Å². The molecule has 0 radical (unpaired) electrons. The third-order valence-electron chi connectivity index (χ3n) is 3.82. The van der Waals surface area contributed by atoms with Gasteiger partial charge in [-0.05, 0) is 26.3 Å². The zero-order valence-corrected chi connectivity index (χ0v) is 12.8. The van der Waals surface area contributed by atoms with Crippen LogP contribution in [0.15, 0.2) is 24.0 Å². The van der Waals surface area contributed by atoms with Crippen molar-refractivity contribution < 1.29 is 4.79 Å². The molecule has 1 aliphatic rings. The van der Waals surface area contributed by atoms with Gasteiger partial charge in [0.15, 0.2) is 5.13 Å². The number of nitrogens with zero attached hydrogens (tertiary/aromatic N) is 4. The Balaban J connectivity index is 1.66. The molecule has 6 nitrogen and oxygen atoms in total. The van der Waals surface area contributed by atoms with Crippen LogP contribution in [0.3, 0.4) is 0 Å². The first-order valence-corrected chi connectivity index (χ1v) is 8.10. The normalized spacial score (nSPS) is 19.0. The Morgan fingerprint density at radius 2 is 2.38 bits per heavy atom. The largest absolute Gasteiger partial charge is 0.334 e. The molecule has 1 N–H and O–H groups in total. The lowest BCUT2D eigenvalue weighted by molar-refractivity contribution is -0.120. The molecule has 3 heterocycles. The summed E-state index contributed by atoms with van der Waals surface area (Å²) in [5.41, 5.74) is 0. The van der Waals surface area contributed by atoms with Crippen molar-refractivity contribution in [2.75, 3.05) is 11.9 Å². The van der Waals surface area contributed by atoms with Crippen LogP contribution in [0.5, 0.6) is 0 Å². The predicted octanol–water partition coefficient (Wildman–Crippen LogP) is 1.96. The van der Waals surface area contributed by atoms with Crippen LogP contribution in [0.4, 0.5) is 5.13 Å². The Morgan fingerprint density at radius 3 is 3.14 bits per heavy atom. The summed E-state index contributed by atoms with van der Waals surface area (Å²) in [5, 5.41) is 5.43. The lowest BCUT2D eigenvalue weighted by Gasteiger charge is -2.23. The van der Waals surface area contributed by atoms with Gasteiger partial charge in [0.1, 0.15) is 5.82 Å². The van der Waals surface area contributed by atoms with E-state index in [1.807, 2.05) is 17.8 Å². The van der Waals surface area contributed by atoms with Gasteiger partial charge in [-0.3, -0.25) is 9.69 Å². The topological polar surface area (TPSA) is 63.1 Å². The number of carbonyl (C=O) groups is 1. The molecule has 7 heteroatoms. The molecule has 3 rings (SSSR count). The van der Waals surface area contributed by atoms with E-state index in [0.29, 0.717) is 5.13 Å². The number of carbonyl (C=O) groups excluding carboxylic acids is 1. The monoisotopic (exact) mass is 305 g/mol. The molecule has 0 saturated carbocycles. The van der Waals surface area contributed by atoms with Gasteiger partial charge in [0.05, 0.1) is 12.6 Å². The highest BCUT2D eigenvalue weighted by molar-refractivity contribution is 7.13. The maximum Gasteiger partial charge on any atom is 0.243 e. The zero-order valence-electron chi connectivity index (χ0n) is 12.0. The Kier molecular flexibility index (Phi) is 4.31. The average molecular weight is 305 g/mol. The van der Waals surface area contributed by atoms with Crippen LogP contribution in [-0.2, 0) is 17.9 Å². The van der Waals surface area contributed by atoms with Crippen molar-refractivity contribution in [3.05, 3.63) is 29.8 Å². The minimum Gasteiger partial charge on any atom is -0.334 e. The number of aromatic nitrogens is 3. The lowest BCUT2D eigenvalue weighted by Crippen LogP contribution is -2.39. The molecule has 1 aliphatic heterocycles. The summed E-state index contributed by atoms with van der Waals surface area (Å²) in [7, 11) is 0. The fourth-order valence-corrected chi connectivity index (χ4v) is 3.28. The van der Waals surface area contributed by atoms with Crippen LogP contribution >= 0.6 is 11.3 Å². The van der Waals surface area contributed by atoms with Crippen molar-refractivity contribution in [2.24, 2.45) is 0 Å².